The number of fused-ring (bicyclic) bond motifs is 1. The number of amides is 1. The van der Waals surface area contributed by atoms with Gasteiger partial charge in [0, 0.05) is 6.07 Å². The van der Waals surface area contributed by atoms with Crippen LogP contribution < -0.4 is 15.6 Å². The third-order valence-electron chi connectivity index (χ3n) is 4.00. The second-order valence-electron chi connectivity index (χ2n) is 5.98. The topological polar surface area (TPSA) is 86.1 Å². The van der Waals surface area contributed by atoms with Crippen LogP contribution in [-0.2, 0) is 0 Å². The summed E-state index contributed by atoms with van der Waals surface area (Å²) < 4.78 is 20.5. The van der Waals surface area contributed by atoms with Gasteiger partial charge in [-0.2, -0.15) is 9.78 Å². The molecule has 7 nitrogen and oxygen atoms in total. The van der Waals surface area contributed by atoms with Crippen molar-refractivity contribution >= 4 is 32.6 Å². The van der Waals surface area contributed by atoms with Crippen LogP contribution in [-0.4, -0.2) is 27.3 Å². The molecule has 0 fully saturated rings. The van der Waals surface area contributed by atoms with Gasteiger partial charge in [0.1, 0.15) is 17.3 Å². The van der Waals surface area contributed by atoms with Gasteiger partial charge >= 0.3 is 0 Å². The van der Waals surface area contributed by atoms with Crippen molar-refractivity contribution in [2.75, 3.05) is 11.9 Å². The third kappa shape index (κ3) is 3.99. The molecule has 2 aromatic carbocycles. The summed E-state index contributed by atoms with van der Waals surface area (Å²) in [6.45, 7) is 2.46. The minimum absolute atomic E-state index is 0.0307. The largest absolute Gasteiger partial charge is 0.494 e. The summed E-state index contributed by atoms with van der Waals surface area (Å²) in [7, 11) is 0. The first-order valence-electron chi connectivity index (χ1n) is 8.74. The summed E-state index contributed by atoms with van der Waals surface area (Å²) in [4.78, 5) is 29.1. The zero-order chi connectivity index (χ0) is 20.4. The van der Waals surface area contributed by atoms with Gasteiger partial charge in [0.05, 0.1) is 22.5 Å². The highest BCUT2D eigenvalue weighted by atomic mass is 32.1. The first-order valence-corrected chi connectivity index (χ1v) is 9.56. The highest BCUT2D eigenvalue weighted by Gasteiger charge is 2.14. The summed E-state index contributed by atoms with van der Waals surface area (Å²) in [5.41, 5.74) is 0.687. The highest BCUT2D eigenvalue weighted by molar-refractivity contribution is 7.22. The molecule has 0 bridgehead atoms. The molecule has 9 heteroatoms. The Morgan fingerprint density at radius 3 is 2.72 bits per heavy atom. The van der Waals surface area contributed by atoms with Crippen molar-refractivity contribution in [3.63, 3.8) is 0 Å². The molecule has 0 aliphatic carbocycles. The van der Waals surface area contributed by atoms with E-state index in [1.165, 1.54) is 47.7 Å². The quantitative estimate of drug-likeness (QED) is 0.543. The minimum Gasteiger partial charge on any atom is -0.494 e. The molecule has 29 heavy (non-hydrogen) atoms. The monoisotopic (exact) mass is 410 g/mol. The first kappa shape index (κ1) is 18.8. The van der Waals surface area contributed by atoms with Crippen LogP contribution in [0.1, 0.15) is 17.4 Å². The summed E-state index contributed by atoms with van der Waals surface area (Å²) in [5.74, 6) is -0.210. The van der Waals surface area contributed by atoms with Crippen molar-refractivity contribution in [2.45, 2.75) is 6.92 Å². The van der Waals surface area contributed by atoms with E-state index < -0.39 is 17.3 Å². The number of nitrogens with zero attached hydrogens (tertiary/aromatic N) is 3. The summed E-state index contributed by atoms with van der Waals surface area (Å²) in [6, 6.07) is 13.3. The van der Waals surface area contributed by atoms with Crippen LogP contribution in [0.5, 0.6) is 5.75 Å². The molecular weight excluding hydrogens is 395 g/mol. The summed E-state index contributed by atoms with van der Waals surface area (Å²) in [5, 5.41) is 7.19. The fourth-order valence-corrected chi connectivity index (χ4v) is 3.56. The third-order valence-corrected chi connectivity index (χ3v) is 4.93. The van der Waals surface area contributed by atoms with E-state index in [1.54, 1.807) is 0 Å². The lowest BCUT2D eigenvalue weighted by molar-refractivity contribution is 0.102. The van der Waals surface area contributed by atoms with E-state index in [9.17, 15) is 14.0 Å². The SMILES string of the molecule is CCOc1ccc2nc(NC(=O)c3ccc(=O)n(-c4ccc(F)cc4)n3)sc2c1. The average molecular weight is 410 g/mol. The molecule has 1 amide bonds. The van der Waals surface area contributed by atoms with Crippen molar-refractivity contribution in [2.24, 2.45) is 0 Å². The van der Waals surface area contributed by atoms with Gasteiger partial charge in [-0.15, -0.1) is 0 Å². The molecule has 0 aliphatic heterocycles. The number of ether oxygens (including phenoxy) is 1. The minimum atomic E-state index is -0.509. The Hall–Kier alpha value is -3.59. The van der Waals surface area contributed by atoms with Crippen molar-refractivity contribution in [1.82, 2.24) is 14.8 Å². The van der Waals surface area contributed by atoms with Crippen molar-refractivity contribution in [3.8, 4) is 11.4 Å². The van der Waals surface area contributed by atoms with E-state index in [0.717, 1.165) is 20.6 Å². The molecule has 4 rings (SSSR count). The maximum Gasteiger partial charge on any atom is 0.277 e. The van der Waals surface area contributed by atoms with Crippen molar-refractivity contribution in [1.29, 1.82) is 0 Å². The predicted octanol–water partition coefficient (Wildman–Crippen LogP) is 3.63. The Bertz CT molecular complexity index is 1250. The van der Waals surface area contributed by atoms with E-state index in [4.69, 9.17) is 4.74 Å². The van der Waals surface area contributed by atoms with Gasteiger partial charge in [-0.25, -0.2) is 9.37 Å². The number of hydrogen-bond acceptors (Lipinski definition) is 6. The number of benzene rings is 2. The number of hydrogen-bond donors (Lipinski definition) is 1. The lowest BCUT2D eigenvalue weighted by Crippen LogP contribution is -2.24. The lowest BCUT2D eigenvalue weighted by Gasteiger charge is -2.06. The molecule has 146 valence electrons. The molecule has 2 aromatic heterocycles. The van der Waals surface area contributed by atoms with Gasteiger partial charge in [0.15, 0.2) is 5.13 Å². The van der Waals surface area contributed by atoms with Gasteiger partial charge in [-0.3, -0.25) is 14.9 Å². The fourth-order valence-electron chi connectivity index (χ4n) is 2.68. The first-order chi connectivity index (χ1) is 14.0. The standard InChI is InChI=1S/C20H15FN4O3S/c1-2-28-14-7-8-15-17(11-14)29-20(22-15)23-19(27)16-9-10-18(26)25(24-16)13-5-3-12(21)4-6-13/h3-11H,2H2,1H3,(H,22,23,27). The maximum absolute atomic E-state index is 13.1. The number of carbonyl (C=O) groups excluding carboxylic acids is 1. The number of halogens is 1. The molecule has 0 unspecified atom stereocenters. The van der Waals surface area contributed by atoms with Crippen LogP contribution >= 0.6 is 11.3 Å². The number of aromatic nitrogens is 3. The number of anilines is 1. The number of rotatable bonds is 5. The second-order valence-corrected chi connectivity index (χ2v) is 7.01. The van der Waals surface area contributed by atoms with Crippen LogP contribution in [0.3, 0.4) is 0 Å². The molecule has 0 spiro atoms. The second kappa shape index (κ2) is 7.80. The summed E-state index contributed by atoms with van der Waals surface area (Å²) in [6.07, 6.45) is 0. The van der Waals surface area contributed by atoms with Gasteiger partial charge in [0.2, 0.25) is 0 Å². The normalized spacial score (nSPS) is 10.8. The number of nitrogens with one attached hydrogen (secondary N) is 1. The van der Waals surface area contributed by atoms with Gasteiger partial charge in [-0.1, -0.05) is 11.3 Å². The lowest BCUT2D eigenvalue weighted by atomic mass is 10.3. The molecule has 0 saturated carbocycles. The molecule has 1 N–H and O–H groups in total. The molecule has 2 heterocycles. The van der Waals surface area contributed by atoms with Gasteiger partial charge in [0.25, 0.3) is 11.5 Å². The van der Waals surface area contributed by atoms with Gasteiger partial charge < -0.3 is 4.74 Å². The molecular formula is C20H15FN4O3S. The molecule has 0 atom stereocenters. The maximum atomic E-state index is 13.1. The predicted molar refractivity (Wildman–Crippen MR) is 109 cm³/mol. The number of carbonyl (C=O) groups is 1. The average Bonchev–Trinajstić information content (AvgIpc) is 3.11. The van der Waals surface area contributed by atoms with Crippen LogP contribution in [0.2, 0.25) is 0 Å². The Morgan fingerprint density at radius 2 is 1.97 bits per heavy atom. The smallest absolute Gasteiger partial charge is 0.277 e. The van der Waals surface area contributed by atoms with Crippen LogP contribution in [0.15, 0.2) is 59.4 Å². The van der Waals surface area contributed by atoms with Crippen LogP contribution in [0, 0.1) is 5.82 Å². The zero-order valence-electron chi connectivity index (χ0n) is 15.3. The van der Waals surface area contributed by atoms with E-state index >= 15 is 0 Å². The van der Waals surface area contributed by atoms with Crippen molar-refractivity contribution < 1.29 is 13.9 Å². The van der Waals surface area contributed by atoms with E-state index in [1.807, 2.05) is 25.1 Å². The van der Waals surface area contributed by atoms with Crippen LogP contribution in [0.25, 0.3) is 15.9 Å². The highest BCUT2D eigenvalue weighted by Crippen LogP contribution is 2.29. The summed E-state index contributed by atoms with van der Waals surface area (Å²) >= 11 is 1.30. The molecule has 0 radical (unpaired) electrons. The number of thiazole rings is 1. The Balaban J connectivity index is 1.60. The van der Waals surface area contributed by atoms with Gasteiger partial charge in [-0.05, 0) is 55.5 Å². The van der Waals surface area contributed by atoms with E-state index in [2.05, 4.69) is 15.4 Å². The Kier molecular flexibility index (Phi) is 5.05. The fraction of sp³-hybridized carbons (Fsp3) is 0.100. The Morgan fingerprint density at radius 1 is 1.17 bits per heavy atom. The van der Waals surface area contributed by atoms with E-state index in [-0.39, 0.29) is 5.69 Å². The Labute approximate surface area is 168 Å². The van der Waals surface area contributed by atoms with Crippen LogP contribution in [0.4, 0.5) is 9.52 Å². The zero-order valence-corrected chi connectivity index (χ0v) is 16.1. The molecule has 4 aromatic rings. The molecule has 0 aliphatic rings. The molecule has 0 saturated heterocycles. The van der Waals surface area contributed by atoms with E-state index in [0.29, 0.717) is 17.4 Å². The van der Waals surface area contributed by atoms with Crippen molar-refractivity contribution in [3.05, 3.63) is 76.5 Å².